The largest absolute Gasteiger partial charge is 0.350 e. The molecule has 0 aliphatic heterocycles. The van der Waals surface area contributed by atoms with Crippen LogP contribution < -0.4 is 5.32 Å². The smallest absolute Gasteiger partial charge is 0.292 e. The number of anilines is 2. The van der Waals surface area contributed by atoms with Crippen LogP contribution in [-0.4, -0.2) is 9.91 Å². The SMILES string of the molecule is N#Cc1ccc([N+](=O)[O-])c(Nc2ccc(Cc3ccncc3)cc2)c1. The predicted molar refractivity (Wildman–Crippen MR) is 94.6 cm³/mol. The molecule has 0 spiro atoms. The van der Waals surface area contributed by atoms with Crippen molar-refractivity contribution in [3.05, 3.63) is 93.8 Å². The van der Waals surface area contributed by atoms with E-state index in [1.807, 2.05) is 42.5 Å². The number of nitro groups is 1. The molecular weight excluding hydrogens is 316 g/mol. The molecule has 1 N–H and O–H groups in total. The Morgan fingerprint density at radius 3 is 2.36 bits per heavy atom. The van der Waals surface area contributed by atoms with E-state index in [1.165, 1.54) is 18.2 Å². The molecule has 0 bridgehead atoms. The molecule has 6 nitrogen and oxygen atoms in total. The highest BCUT2D eigenvalue weighted by Crippen LogP contribution is 2.28. The molecule has 0 amide bonds. The molecule has 0 aliphatic rings. The number of nitrogens with zero attached hydrogens (tertiary/aromatic N) is 3. The van der Waals surface area contributed by atoms with E-state index < -0.39 is 4.92 Å². The summed E-state index contributed by atoms with van der Waals surface area (Å²) in [5.74, 6) is 0. The Balaban J connectivity index is 1.80. The molecule has 0 radical (unpaired) electrons. The van der Waals surface area contributed by atoms with Crippen molar-refractivity contribution >= 4 is 17.1 Å². The van der Waals surface area contributed by atoms with Crippen molar-refractivity contribution in [1.82, 2.24) is 4.98 Å². The van der Waals surface area contributed by atoms with E-state index in [2.05, 4.69) is 10.3 Å². The summed E-state index contributed by atoms with van der Waals surface area (Å²) in [6.45, 7) is 0. The lowest BCUT2D eigenvalue weighted by Crippen LogP contribution is -1.98. The van der Waals surface area contributed by atoms with Crippen LogP contribution >= 0.6 is 0 Å². The molecule has 3 aromatic rings. The summed E-state index contributed by atoms with van der Waals surface area (Å²) in [5.41, 5.74) is 3.59. The van der Waals surface area contributed by atoms with Gasteiger partial charge in [-0.2, -0.15) is 5.26 Å². The first-order valence-corrected chi connectivity index (χ1v) is 7.59. The summed E-state index contributed by atoms with van der Waals surface area (Å²) in [7, 11) is 0. The van der Waals surface area contributed by atoms with Crippen LogP contribution in [0.25, 0.3) is 0 Å². The molecule has 0 saturated carbocycles. The Hall–Kier alpha value is -3.72. The van der Waals surface area contributed by atoms with E-state index in [9.17, 15) is 10.1 Å². The standard InChI is InChI=1S/C19H14N4O2/c20-13-16-3-6-19(23(24)25)18(12-16)22-17-4-1-14(2-5-17)11-15-7-9-21-10-8-15/h1-10,12,22H,11H2. The van der Waals surface area contributed by atoms with Crippen LogP contribution in [0.4, 0.5) is 17.1 Å². The van der Waals surface area contributed by atoms with Crippen LogP contribution in [-0.2, 0) is 6.42 Å². The second-order valence-electron chi connectivity index (χ2n) is 5.46. The van der Waals surface area contributed by atoms with E-state index in [0.717, 1.165) is 23.2 Å². The lowest BCUT2D eigenvalue weighted by molar-refractivity contribution is -0.383. The molecule has 25 heavy (non-hydrogen) atoms. The quantitative estimate of drug-likeness (QED) is 0.559. The first-order valence-electron chi connectivity index (χ1n) is 7.59. The highest BCUT2D eigenvalue weighted by atomic mass is 16.6. The second kappa shape index (κ2) is 7.23. The van der Waals surface area contributed by atoms with Gasteiger partial charge < -0.3 is 5.32 Å². The zero-order valence-electron chi connectivity index (χ0n) is 13.2. The van der Waals surface area contributed by atoms with Gasteiger partial charge in [-0.25, -0.2) is 0 Å². The zero-order valence-corrected chi connectivity index (χ0v) is 13.2. The lowest BCUT2D eigenvalue weighted by Gasteiger charge is -2.09. The summed E-state index contributed by atoms with van der Waals surface area (Å²) in [5, 5.41) is 23.1. The summed E-state index contributed by atoms with van der Waals surface area (Å²) in [6.07, 6.45) is 4.30. The highest BCUT2D eigenvalue weighted by molar-refractivity contribution is 5.71. The normalized spacial score (nSPS) is 10.0. The maximum absolute atomic E-state index is 11.1. The van der Waals surface area contributed by atoms with Gasteiger partial charge in [0.05, 0.1) is 16.6 Å². The maximum Gasteiger partial charge on any atom is 0.292 e. The topological polar surface area (TPSA) is 91.8 Å². The van der Waals surface area contributed by atoms with Crippen LogP contribution in [0.5, 0.6) is 0 Å². The summed E-state index contributed by atoms with van der Waals surface area (Å²) in [6, 6.07) is 17.8. The third-order valence-electron chi connectivity index (χ3n) is 3.71. The van der Waals surface area contributed by atoms with Crippen molar-refractivity contribution in [2.75, 3.05) is 5.32 Å². The third kappa shape index (κ3) is 3.98. The average Bonchev–Trinajstić information content (AvgIpc) is 2.64. The van der Waals surface area contributed by atoms with Gasteiger partial charge in [0.25, 0.3) is 5.69 Å². The average molecular weight is 330 g/mol. The van der Waals surface area contributed by atoms with Gasteiger partial charge in [0.1, 0.15) is 5.69 Å². The van der Waals surface area contributed by atoms with Crippen molar-refractivity contribution in [2.45, 2.75) is 6.42 Å². The summed E-state index contributed by atoms with van der Waals surface area (Å²) >= 11 is 0. The summed E-state index contributed by atoms with van der Waals surface area (Å²) < 4.78 is 0. The molecule has 2 aromatic carbocycles. The molecule has 0 atom stereocenters. The van der Waals surface area contributed by atoms with Crippen LogP contribution in [0, 0.1) is 21.4 Å². The molecule has 6 heteroatoms. The minimum Gasteiger partial charge on any atom is -0.350 e. The maximum atomic E-state index is 11.1. The molecule has 0 fully saturated rings. The zero-order chi connectivity index (χ0) is 17.6. The Labute approximate surface area is 144 Å². The Kier molecular flexibility index (Phi) is 4.67. The van der Waals surface area contributed by atoms with E-state index in [1.54, 1.807) is 12.4 Å². The Morgan fingerprint density at radius 2 is 1.72 bits per heavy atom. The summed E-state index contributed by atoms with van der Waals surface area (Å²) in [4.78, 5) is 14.7. The van der Waals surface area contributed by atoms with Gasteiger partial charge >= 0.3 is 0 Å². The van der Waals surface area contributed by atoms with Crippen molar-refractivity contribution in [2.24, 2.45) is 0 Å². The second-order valence-corrected chi connectivity index (χ2v) is 5.46. The number of aromatic nitrogens is 1. The van der Waals surface area contributed by atoms with Gasteiger partial charge in [0.15, 0.2) is 0 Å². The molecule has 1 aromatic heterocycles. The van der Waals surface area contributed by atoms with Gasteiger partial charge in [-0.05, 0) is 53.9 Å². The molecule has 1 heterocycles. The lowest BCUT2D eigenvalue weighted by atomic mass is 10.1. The monoisotopic (exact) mass is 330 g/mol. The molecular formula is C19H14N4O2. The third-order valence-corrected chi connectivity index (χ3v) is 3.71. The van der Waals surface area contributed by atoms with Gasteiger partial charge in [0, 0.05) is 24.1 Å². The highest BCUT2D eigenvalue weighted by Gasteiger charge is 2.14. The number of rotatable bonds is 5. The van der Waals surface area contributed by atoms with Gasteiger partial charge in [0.2, 0.25) is 0 Å². The minimum absolute atomic E-state index is 0.0696. The minimum atomic E-state index is -0.471. The molecule has 0 aliphatic carbocycles. The van der Waals surface area contributed by atoms with Crippen molar-refractivity contribution in [3.63, 3.8) is 0 Å². The predicted octanol–water partition coefficient (Wildman–Crippen LogP) is 4.20. The molecule has 0 saturated heterocycles. The van der Waals surface area contributed by atoms with Crippen molar-refractivity contribution in [3.8, 4) is 6.07 Å². The number of nitriles is 1. The van der Waals surface area contributed by atoms with E-state index in [-0.39, 0.29) is 5.69 Å². The van der Waals surface area contributed by atoms with Crippen molar-refractivity contribution < 1.29 is 4.92 Å². The number of nitrogens with one attached hydrogen (secondary N) is 1. The fraction of sp³-hybridized carbons (Fsp3) is 0.0526. The fourth-order valence-corrected chi connectivity index (χ4v) is 2.46. The van der Waals surface area contributed by atoms with Crippen molar-refractivity contribution in [1.29, 1.82) is 5.26 Å². The van der Waals surface area contributed by atoms with Crippen LogP contribution in [0.2, 0.25) is 0 Å². The van der Waals surface area contributed by atoms with E-state index >= 15 is 0 Å². The Bertz CT molecular complexity index is 932. The van der Waals surface area contributed by atoms with Gasteiger partial charge in [-0.3, -0.25) is 15.1 Å². The van der Waals surface area contributed by atoms with Crippen LogP contribution in [0.3, 0.4) is 0 Å². The molecule has 3 rings (SSSR count). The molecule has 122 valence electrons. The molecule has 0 unspecified atom stereocenters. The number of benzene rings is 2. The first kappa shape index (κ1) is 16.1. The van der Waals surface area contributed by atoms with Gasteiger partial charge in [-0.1, -0.05) is 12.1 Å². The number of nitro benzene ring substituents is 1. The van der Waals surface area contributed by atoms with E-state index in [4.69, 9.17) is 5.26 Å². The fourth-order valence-electron chi connectivity index (χ4n) is 2.46. The Morgan fingerprint density at radius 1 is 1.04 bits per heavy atom. The van der Waals surface area contributed by atoms with E-state index in [0.29, 0.717) is 11.3 Å². The van der Waals surface area contributed by atoms with Crippen LogP contribution in [0.1, 0.15) is 16.7 Å². The number of pyridine rings is 1. The first-order chi connectivity index (χ1) is 12.2. The van der Waals surface area contributed by atoms with Crippen LogP contribution in [0.15, 0.2) is 67.0 Å². The number of hydrogen-bond acceptors (Lipinski definition) is 5. The number of hydrogen-bond donors (Lipinski definition) is 1. The van der Waals surface area contributed by atoms with Gasteiger partial charge in [-0.15, -0.1) is 0 Å².